The highest BCUT2D eigenvalue weighted by Gasteiger charge is 2.62. The number of benzene rings is 3. The largest absolute Gasteiger partial charge is 0.508 e. The molecule has 5 N–H and O–H groups in total. The quantitative estimate of drug-likeness (QED) is 0.0859. The lowest BCUT2D eigenvalue weighted by Crippen LogP contribution is -2.50. The first kappa shape index (κ1) is 71.2. The number of carbonyl (C=O) groups excluding carboxylic acids is 2. The fourth-order valence-electron chi connectivity index (χ4n) is 20.1. The molecule has 512 valence electrons. The van der Waals surface area contributed by atoms with Crippen molar-refractivity contribution in [2.45, 2.75) is 242 Å². The third-order valence-electron chi connectivity index (χ3n) is 25.8. The van der Waals surface area contributed by atoms with Crippen LogP contribution in [0.5, 0.6) is 17.2 Å². The van der Waals surface area contributed by atoms with Crippen LogP contribution in [0.2, 0.25) is 0 Å². The fraction of sp³-hybridized carbons (Fsp3) is 0.659. The van der Waals surface area contributed by atoms with Gasteiger partial charge in [-0.25, -0.2) is 0 Å². The number of hydrogen-bond donors (Lipinski definition) is 5. The number of ether oxygens (including phenoxy) is 4. The number of methoxy groups -OCH3 is 2. The topological polar surface area (TPSA) is 175 Å². The zero-order valence-electron chi connectivity index (χ0n) is 58.4. The number of cyclic esters (lactones) is 1. The maximum absolute atomic E-state index is 12.5. The number of terminal acetylenes is 2. The standard InChI is InChI=1S/C24H36O5.C21H26O2.C20H24O2.C17H27NO2/c1-5-15(3)24(27)29-21-11-14(2)10-17-7-6-16(4)20(23(17)21)9-8-19-12-18(25)13-22(26)28-19;1-4-21(22)12-10-19-18-7-5-14-13-15(23-3)6-8-16(14)17(18)9-11-20(19,21)2;1-3-20(22)11-9-18-17-6-4-13-12-14(21)5-7-15(13)16(17)8-10-19(18,20)2;1-18(2)13-16(17(19)11-5-4-6-12-17)14-7-9-15(20-3)10-8-14/h6-7,10,14-16,18-21,23,25H,5,8-9,11-13H2,1-4H3;1,6,8,13,17-19,22H,5,7,9-12H2,2-3H3;1,5,7,12,16-18,21-22H,4,6,8-11H2,2H3;7-10,16,19H,4-6,11-13H2,1-3H3/t14-,15-,16-,18+,19+,20-,21-,23-;17-,18-,19+,20+,21+;16-,17-,18+,19+,20+;/m011./s1. The van der Waals surface area contributed by atoms with Crippen molar-refractivity contribution in [2.75, 3.05) is 34.9 Å². The molecule has 19 atom stereocenters. The monoisotopic (exact) mass is 1290 g/mol. The summed E-state index contributed by atoms with van der Waals surface area (Å²) >= 11 is 0. The van der Waals surface area contributed by atoms with Gasteiger partial charge in [0.05, 0.1) is 38.3 Å². The predicted octanol–water partition coefficient (Wildman–Crippen LogP) is 14.8. The summed E-state index contributed by atoms with van der Waals surface area (Å²) in [5.41, 5.74) is 5.59. The van der Waals surface area contributed by atoms with Crippen molar-refractivity contribution in [1.29, 1.82) is 0 Å². The number of fused-ring (bicyclic) bond motifs is 11. The number of aliphatic hydroxyl groups excluding tert-OH is 1. The van der Waals surface area contributed by atoms with Crippen LogP contribution >= 0.6 is 0 Å². The molecule has 3 aromatic carbocycles. The molecule has 0 amide bonds. The Morgan fingerprint density at radius 3 is 1.87 bits per heavy atom. The Bertz CT molecular complexity index is 3260. The molecule has 12 nitrogen and oxygen atoms in total. The van der Waals surface area contributed by atoms with E-state index in [1.54, 1.807) is 14.2 Å². The molecule has 0 aromatic heterocycles. The highest BCUT2D eigenvalue weighted by Crippen LogP contribution is 2.66. The van der Waals surface area contributed by atoms with Crippen LogP contribution in [0.1, 0.15) is 222 Å². The van der Waals surface area contributed by atoms with E-state index in [-0.39, 0.29) is 59.2 Å². The number of aryl methyl sites for hydroxylation is 2. The molecule has 1 unspecified atom stereocenters. The number of nitrogens with zero attached hydrogens (tertiary/aromatic N) is 1. The lowest BCUT2D eigenvalue weighted by atomic mass is 9.53. The van der Waals surface area contributed by atoms with E-state index in [4.69, 9.17) is 31.8 Å². The SMILES string of the molecule is C#C[C@]1(O)CC[C@H]2[C@@H]3CCc4cc(O)ccc4[C@H]3CC[C@@]21C.C#C[C@]1(O)CC[C@H]2[C@@H]3CCc4cc(OC)ccc4[C@H]3CC[C@@]21C.CC[C@H](C)C(=O)O[C@H]1C[C@@H](C)C=C2C=C[C@H](C)[C@H](CC[C@@H]3C[C@@H](O)CC(=O)O3)[C@H]21.COc1ccc(C(CN(C)C)C2(O)CCCCC2)cc1. The van der Waals surface area contributed by atoms with Crippen LogP contribution in [-0.4, -0.2) is 112 Å². The zero-order valence-corrected chi connectivity index (χ0v) is 58.4. The van der Waals surface area contributed by atoms with Gasteiger partial charge in [-0.1, -0.05) is 115 Å². The van der Waals surface area contributed by atoms with Gasteiger partial charge in [0.2, 0.25) is 0 Å². The molecule has 13 rings (SSSR count). The molecule has 1 heterocycles. The van der Waals surface area contributed by atoms with Crippen molar-refractivity contribution < 1.29 is 54.1 Å². The molecule has 0 radical (unpaired) electrons. The first-order valence-electron chi connectivity index (χ1n) is 36.2. The van der Waals surface area contributed by atoms with E-state index in [1.165, 1.54) is 46.2 Å². The molecule has 3 aromatic rings. The number of hydrogen-bond acceptors (Lipinski definition) is 12. The lowest BCUT2D eigenvalue weighted by molar-refractivity contribution is -0.162. The molecule has 12 heteroatoms. The van der Waals surface area contributed by atoms with Crippen LogP contribution in [0.25, 0.3) is 0 Å². The van der Waals surface area contributed by atoms with Gasteiger partial charge < -0.3 is 49.4 Å². The highest BCUT2D eigenvalue weighted by molar-refractivity contribution is 5.72. The molecule has 94 heavy (non-hydrogen) atoms. The van der Waals surface area contributed by atoms with E-state index in [0.717, 1.165) is 140 Å². The van der Waals surface area contributed by atoms with Gasteiger partial charge in [0.1, 0.15) is 40.7 Å². The highest BCUT2D eigenvalue weighted by atomic mass is 16.6. The predicted molar refractivity (Wildman–Crippen MR) is 371 cm³/mol. The third-order valence-corrected chi connectivity index (χ3v) is 25.8. The van der Waals surface area contributed by atoms with Gasteiger partial charge >= 0.3 is 11.9 Å². The molecule has 0 spiro atoms. The van der Waals surface area contributed by atoms with E-state index in [2.05, 4.69) is 113 Å². The minimum Gasteiger partial charge on any atom is -0.508 e. The summed E-state index contributed by atoms with van der Waals surface area (Å²) < 4.78 is 22.1. The van der Waals surface area contributed by atoms with Gasteiger partial charge in [-0.05, 0) is 253 Å². The number of aliphatic hydroxyl groups is 4. The Morgan fingerprint density at radius 1 is 0.745 bits per heavy atom. The molecule has 1 saturated heterocycles. The van der Waals surface area contributed by atoms with E-state index in [0.29, 0.717) is 65.4 Å². The number of esters is 2. The number of phenolic OH excluding ortho intramolecular Hbond substituents is 1. The smallest absolute Gasteiger partial charge is 0.308 e. The van der Waals surface area contributed by atoms with Gasteiger partial charge in [0.25, 0.3) is 0 Å². The summed E-state index contributed by atoms with van der Waals surface area (Å²) in [5, 5.41) is 52.6. The van der Waals surface area contributed by atoms with Gasteiger partial charge in [0, 0.05) is 35.6 Å². The minimum atomic E-state index is -0.919. The Hall–Kier alpha value is -5.60. The van der Waals surface area contributed by atoms with Crippen LogP contribution in [-0.2, 0) is 31.9 Å². The Morgan fingerprint density at radius 2 is 1.32 bits per heavy atom. The molecule has 5 saturated carbocycles. The average molecular weight is 1290 g/mol. The Kier molecular flexibility index (Phi) is 22.4. The van der Waals surface area contributed by atoms with Gasteiger partial charge in [-0.2, -0.15) is 0 Å². The third kappa shape index (κ3) is 14.5. The van der Waals surface area contributed by atoms with Crippen molar-refractivity contribution in [3.63, 3.8) is 0 Å². The Balaban J connectivity index is 0.000000138. The van der Waals surface area contributed by atoms with Crippen molar-refractivity contribution in [2.24, 2.45) is 64.1 Å². The van der Waals surface area contributed by atoms with E-state index >= 15 is 0 Å². The van der Waals surface area contributed by atoms with Crippen LogP contribution in [0.15, 0.2) is 84.5 Å². The minimum absolute atomic E-state index is 0.0854. The normalized spacial score (nSPS) is 36.1. The molecular formula is C82H113NO11. The van der Waals surface area contributed by atoms with Crippen LogP contribution in [0.3, 0.4) is 0 Å². The lowest BCUT2D eigenvalue weighted by Gasteiger charge is -2.52. The van der Waals surface area contributed by atoms with Gasteiger partial charge in [-0.3, -0.25) is 9.59 Å². The number of likely N-dealkylation sites (N-methyl/N-ethyl adjacent to an activating group) is 1. The summed E-state index contributed by atoms with van der Waals surface area (Å²) in [7, 11) is 7.56. The number of aromatic hydroxyl groups is 1. The maximum atomic E-state index is 12.5. The van der Waals surface area contributed by atoms with Crippen LogP contribution < -0.4 is 9.47 Å². The summed E-state index contributed by atoms with van der Waals surface area (Å²) in [6.45, 7) is 13.7. The summed E-state index contributed by atoms with van der Waals surface area (Å²) in [4.78, 5) is 26.4. The van der Waals surface area contributed by atoms with Gasteiger partial charge in [-0.15, -0.1) is 12.8 Å². The first-order valence-corrected chi connectivity index (χ1v) is 36.2. The maximum Gasteiger partial charge on any atom is 0.308 e. The summed E-state index contributed by atoms with van der Waals surface area (Å²) in [5.74, 6) is 12.2. The second-order valence-corrected chi connectivity index (χ2v) is 31.4. The van der Waals surface area contributed by atoms with Crippen molar-refractivity contribution in [3.05, 3.63) is 112 Å². The number of rotatable bonds is 12. The zero-order chi connectivity index (χ0) is 67.5. The Labute approximate surface area is 563 Å². The number of phenols is 1. The van der Waals surface area contributed by atoms with E-state index in [9.17, 15) is 35.1 Å². The van der Waals surface area contributed by atoms with Crippen molar-refractivity contribution in [1.82, 2.24) is 4.90 Å². The van der Waals surface area contributed by atoms with Crippen LogP contribution in [0, 0.1) is 88.8 Å². The average Bonchev–Trinajstić information content (AvgIpc) is 1.51. The number of allylic oxidation sites excluding steroid dienone is 3. The molecular weight excluding hydrogens is 1170 g/mol. The molecule has 0 bridgehead atoms. The van der Waals surface area contributed by atoms with E-state index < -0.39 is 22.9 Å². The van der Waals surface area contributed by atoms with Gasteiger partial charge in [0.15, 0.2) is 0 Å². The summed E-state index contributed by atoms with van der Waals surface area (Å²) in [6.07, 6.45) is 38.9. The summed E-state index contributed by atoms with van der Waals surface area (Å²) in [6, 6.07) is 20.6. The van der Waals surface area contributed by atoms with Crippen molar-refractivity contribution in [3.8, 4) is 41.9 Å². The molecule has 9 aliphatic carbocycles. The molecule has 1 aliphatic heterocycles. The first-order chi connectivity index (χ1) is 44.8. The second-order valence-electron chi connectivity index (χ2n) is 31.4. The second kappa shape index (κ2) is 29.6. The van der Waals surface area contributed by atoms with Crippen LogP contribution in [0.4, 0.5) is 0 Å². The molecule has 10 aliphatic rings. The van der Waals surface area contributed by atoms with Crippen molar-refractivity contribution >= 4 is 11.9 Å². The number of carbonyl (C=O) groups is 2. The molecule has 6 fully saturated rings. The van der Waals surface area contributed by atoms with E-state index in [1.807, 2.05) is 38.1 Å². The fourth-order valence-corrected chi connectivity index (χ4v) is 20.1.